The Balaban J connectivity index is 0.00000100. The summed E-state index contributed by atoms with van der Waals surface area (Å²) in [5.74, 6) is 3.02. The largest absolute Gasteiger partial charge is 0.381 e. The molecule has 3 fully saturated rings. The van der Waals surface area contributed by atoms with Crippen LogP contribution < -0.4 is 0 Å². The van der Waals surface area contributed by atoms with Crippen LogP contribution in [0.4, 0.5) is 0 Å². The second-order valence-corrected chi connectivity index (χ2v) is 8.75. The average Bonchev–Trinajstić information content (AvgIpc) is 2.70. The van der Waals surface area contributed by atoms with Gasteiger partial charge in [-0.05, 0) is 74.5 Å². The van der Waals surface area contributed by atoms with Crippen molar-refractivity contribution in [3.63, 3.8) is 0 Å². The van der Waals surface area contributed by atoms with Gasteiger partial charge in [0.1, 0.15) is 0 Å². The summed E-state index contributed by atoms with van der Waals surface area (Å²) in [6.45, 7) is 8.73. The Kier molecular flexibility index (Phi) is 8.34. The lowest BCUT2D eigenvalue weighted by Gasteiger charge is -2.53. The second-order valence-electron chi connectivity index (χ2n) is 8.75. The van der Waals surface area contributed by atoms with Crippen LogP contribution in [0.15, 0.2) is 13.2 Å². The molecule has 0 aromatic heterocycles. The first-order valence-corrected chi connectivity index (χ1v) is 10.8. The third-order valence-corrected chi connectivity index (χ3v) is 7.86. The van der Waals surface area contributed by atoms with E-state index >= 15 is 0 Å². The Morgan fingerprint density at radius 2 is 1.00 bits per heavy atom. The van der Waals surface area contributed by atoms with E-state index < -0.39 is 0 Å². The summed E-state index contributed by atoms with van der Waals surface area (Å²) in [6.07, 6.45) is 21.1. The van der Waals surface area contributed by atoms with Gasteiger partial charge in [0.15, 0.2) is 0 Å². The van der Waals surface area contributed by atoms with Crippen molar-refractivity contribution in [3.05, 3.63) is 13.2 Å². The third kappa shape index (κ3) is 4.45. The molecule has 0 aromatic carbocycles. The molecule has 0 bridgehead atoms. The van der Waals surface area contributed by atoms with Crippen LogP contribution in [0.2, 0.25) is 0 Å². The molecule has 3 rings (SSSR count). The Labute approximate surface area is 151 Å². The maximum atomic E-state index is 5.64. The number of rotatable bonds is 4. The highest BCUT2D eigenvalue weighted by Crippen LogP contribution is 2.56. The van der Waals surface area contributed by atoms with Crippen LogP contribution >= 0.6 is 0 Å². The van der Waals surface area contributed by atoms with Crippen LogP contribution in [-0.4, -0.2) is 13.2 Å². The lowest BCUT2D eigenvalue weighted by atomic mass is 9.52. The van der Waals surface area contributed by atoms with Gasteiger partial charge < -0.3 is 4.74 Å². The summed E-state index contributed by atoms with van der Waals surface area (Å²) >= 11 is 0. The predicted octanol–water partition coefficient (Wildman–Crippen LogP) is 7.16. The highest BCUT2D eigenvalue weighted by Gasteiger charge is 2.47. The molecule has 0 atom stereocenters. The molecule has 0 amide bonds. The van der Waals surface area contributed by atoms with Crippen molar-refractivity contribution in [2.75, 3.05) is 7.11 Å². The molecule has 0 spiro atoms. The van der Waals surface area contributed by atoms with Gasteiger partial charge in [-0.2, -0.15) is 0 Å². The zero-order valence-corrected chi connectivity index (χ0v) is 16.5. The quantitative estimate of drug-likeness (QED) is 0.495. The lowest BCUT2D eigenvalue weighted by molar-refractivity contribution is -0.0521. The number of hydrogen-bond donors (Lipinski definition) is 0. The van der Waals surface area contributed by atoms with Gasteiger partial charge in [-0.1, -0.05) is 45.4 Å². The van der Waals surface area contributed by atoms with Gasteiger partial charge in [0, 0.05) is 7.11 Å². The molecular formula is C23H42O. The van der Waals surface area contributed by atoms with Crippen molar-refractivity contribution in [2.45, 2.75) is 103 Å². The first kappa shape index (κ1) is 20.0. The van der Waals surface area contributed by atoms with E-state index in [1.165, 1.54) is 89.9 Å². The van der Waals surface area contributed by atoms with Crippen LogP contribution in [0, 0.1) is 23.2 Å². The summed E-state index contributed by atoms with van der Waals surface area (Å²) in [6, 6.07) is 0. The molecule has 0 N–H and O–H groups in total. The zero-order valence-electron chi connectivity index (χ0n) is 16.5. The van der Waals surface area contributed by atoms with Crippen LogP contribution in [-0.2, 0) is 4.74 Å². The van der Waals surface area contributed by atoms with Gasteiger partial charge in [0.25, 0.3) is 0 Å². The Hall–Kier alpha value is -0.300. The third-order valence-electron chi connectivity index (χ3n) is 7.86. The Bertz CT molecular complexity index is 312. The fourth-order valence-electron chi connectivity index (χ4n) is 6.37. The SMILES string of the molecule is C=C.COC1CCC(C(C)(C2CCCCC2)C2CCCCC2)CC1. The molecule has 3 saturated carbocycles. The molecule has 0 unspecified atom stereocenters. The Morgan fingerprint density at radius 3 is 1.38 bits per heavy atom. The van der Waals surface area contributed by atoms with Crippen molar-refractivity contribution in [3.8, 4) is 0 Å². The van der Waals surface area contributed by atoms with Gasteiger partial charge in [-0.3, -0.25) is 0 Å². The van der Waals surface area contributed by atoms with Gasteiger partial charge in [-0.25, -0.2) is 0 Å². The molecule has 24 heavy (non-hydrogen) atoms. The number of methoxy groups -OCH3 is 1. The molecule has 1 heteroatoms. The van der Waals surface area contributed by atoms with E-state index in [1.54, 1.807) is 0 Å². The van der Waals surface area contributed by atoms with Crippen molar-refractivity contribution in [1.82, 2.24) is 0 Å². The smallest absolute Gasteiger partial charge is 0.0571 e. The summed E-state index contributed by atoms with van der Waals surface area (Å²) < 4.78 is 5.64. The van der Waals surface area contributed by atoms with Crippen LogP contribution in [0.25, 0.3) is 0 Å². The summed E-state index contributed by atoms with van der Waals surface area (Å²) in [4.78, 5) is 0. The molecule has 3 aliphatic rings. The predicted molar refractivity (Wildman–Crippen MR) is 105 cm³/mol. The van der Waals surface area contributed by atoms with E-state index in [2.05, 4.69) is 20.1 Å². The normalized spacial score (nSPS) is 30.4. The zero-order chi connectivity index (χ0) is 17.4. The van der Waals surface area contributed by atoms with Crippen molar-refractivity contribution >= 4 is 0 Å². The lowest BCUT2D eigenvalue weighted by Crippen LogP contribution is -2.45. The van der Waals surface area contributed by atoms with Gasteiger partial charge in [0.2, 0.25) is 0 Å². The molecule has 0 aliphatic heterocycles. The van der Waals surface area contributed by atoms with Gasteiger partial charge >= 0.3 is 0 Å². The molecule has 0 heterocycles. The van der Waals surface area contributed by atoms with Crippen molar-refractivity contribution in [1.29, 1.82) is 0 Å². The van der Waals surface area contributed by atoms with Gasteiger partial charge in [0.05, 0.1) is 6.10 Å². The van der Waals surface area contributed by atoms with Gasteiger partial charge in [-0.15, -0.1) is 13.2 Å². The molecule has 0 aromatic rings. The monoisotopic (exact) mass is 334 g/mol. The van der Waals surface area contributed by atoms with E-state index in [0.717, 1.165) is 17.8 Å². The summed E-state index contributed by atoms with van der Waals surface area (Å²) in [7, 11) is 1.91. The summed E-state index contributed by atoms with van der Waals surface area (Å²) in [5.41, 5.74) is 0.638. The summed E-state index contributed by atoms with van der Waals surface area (Å²) in [5, 5.41) is 0. The minimum Gasteiger partial charge on any atom is -0.381 e. The number of ether oxygens (including phenoxy) is 1. The maximum Gasteiger partial charge on any atom is 0.0571 e. The highest BCUT2D eigenvalue weighted by atomic mass is 16.5. The topological polar surface area (TPSA) is 9.23 Å². The molecule has 0 saturated heterocycles. The minimum atomic E-state index is 0.554. The van der Waals surface area contributed by atoms with E-state index in [0.29, 0.717) is 11.5 Å². The van der Waals surface area contributed by atoms with E-state index in [1.807, 2.05) is 7.11 Å². The molecule has 0 radical (unpaired) electrons. The molecule has 3 aliphatic carbocycles. The van der Waals surface area contributed by atoms with Crippen molar-refractivity contribution in [2.24, 2.45) is 23.2 Å². The Morgan fingerprint density at radius 1 is 0.625 bits per heavy atom. The average molecular weight is 335 g/mol. The molecule has 140 valence electrons. The fourth-order valence-corrected chi connectivity index (χ4v) is 6.37. The number of hydrogen-bond acceptors (Lipinski definition) is 1. The standard InChI is InChI=1S/C21H38O.C2H4/c1-21(17-9-5-3-6-10-17,18-11-7-4-8-12-18)19-13-15-20(22-2)16-14-19;1-2/h17-20H,3-16H2,1-2H3;1-2H2. The molecular weight excluding hydrogens is 292 g/mol. The van der Waals surface area contributed by atoms with Crippen LogP contribution in [0.1, 0.15) is 96.8 Å². The maximum absolute atomic E-state index is 5.64. The van der Waals surface area contributed by atoms with E-state index in [-0.39, 0.29) is 0 Å². The highest BCUT2D eigenvalue weighted by molar-refractivity contribution is 4.97. The van der Waals surface area contributed by atoms with E-state index in [4.69, 9.17) is 4.74 Å². The molecule has 1 nitrogen and oxygen atoms in total. The second kappa shape index (κ2) is 10.00. The first-order chi connectivity index (χ1) is 11.7. The fraction of sp³-hybridized carbons (Fsp3) is 0.913. The minimum absolute atomic E-state index is 0.554. The van der Waals surface area contributed by atoms with Crippen molar-refractivity contribution < 1.29 is 4.74 Å². The van der Waals surface area contributed by atoms with E-state index in [9.17, 15) is 0 Å². The first-order valence-electron chi connectivity index (χ1n) is 10.8. The van der Waals surface area contributed by atoms with Crippen LogP contribution in [0.5, 0.6) is 0 Å². The van der Waals surface area contributed by atoms with Crippen LogP contribution in [0.3, 0.4) is 0 Å².